The van der Waals surface area contributed by atoms with E-state index in [2.05, 4.69) is 40.1 Å². The number of halogens is 2. The molecule has 21 heavy (non-hydrogen) atoms. The third-order valence-corrected chi connectivity index (χ3v) is 4.86. The van der Waals surface area contributed by atoms with Crippen molar-refractivity contribution in [3.63, 3.8) is 0 Å². The number of rotatable bonds is 6. The molecule has 112 valence electrons. The van der Waals surface area contributed by atoms with Crippen molar-refractivity contribution in [2.45, 2.75) is 30.3 Å². The second kappa shape index (κ2) is 7.92. The Morgan fingerprint density at radius 1 is 1.33 bits per heavy atom. The molecule has 2 rings (SSSR count). The average molecular weight is 369 g/mol. The van der Waals surface area contributed by atoms with Gasteiger partial charge in [-0.3, -0.25) is 0 Å². The smallest absolute Gasteiger partial charge is 0.123 e. The first-order valence-electron chi connectivity index (χ1n) is 6.84. The van der Waals surface area contributed by atoms with Gasteiger partial charge in [0.05, 0.1) is 4.47 Å². The summed E-state index contributed by atoms with van der Waals surface area (Å²) in [5.41, 5.74) is 0.957. The van der Waals surface area contributed by atoms with E-state index in [0.717, 1.165) is 26.5 Å². The number of nitrogens with zero attached hydrogens (tertiary/aromatic N) is 1. The van der Waals surface area contributed by atoms with E-state index in [1.807, 2.05) is 18.2 Å². The molecule has 1 aromatic heterocycles. The first-order chi connectivity index (χ1) is 10.1. The van der Waals surface area contributed by atoms with E-state index in [0.29, 0.717) is 12.5 Å². The van der Waals surface area contributed by atoms with Gasteiger partial charge in [-0.05, 0) is 64.3 Å². The lowest BCUT2D eigenvalue weighted by atomic mass is 10.2. The highest BCUT2D eigenvalue weighted by Crippen LogP contribution is 2.33. The number of hydrogen-bond acceptors (Lipinski definition) is 3. The molecule has 0 saturated carbocycles. The quantitative estimate of drug-likeness (QED) is 0.786. The van der Waals surface area contributed by atoms with Crippen LogP contribution in [0.5, 0.6) is 0 Å². The van der Waals surface area contributed by atoms with Gasteiger partial charge in [0.2, 0.25) is 0 Å². The zero-order valence-corrected chi connectivity index (χ0v) is 14.5. The van der Waals surface area contributed by atoms with Crippen molar-refractivity contribution in [3.8, 4) is 0 Å². The fourth-order valence-electron chi connectivity index (χ4n) is 1.83. The van der Waals surface area contributed by atoms with Crippen LogP contribution in [0.2, 0.25) is 0 Å². The Hall–Kier alpha value is -0.910. The number of hydrogen-bond donors (Lipinski definition) is 1. The van der Waals surface area contributed by atoms with Crippen molar-refractivity contribution in [1.29, 1.82) is 0 Å². The van der Waals surface area contributed by atoms with Gasteiger partial charge in [0.15, 0.2) is 0 Å². The molecule has 2 aromatic rings. The normalized spacial score (nSPS) is 11.1. The number of benzene rings is 1. The number of nitrogens with one attached hydrogen (secondary N) is 1. The first-order valence-corrected chi connectivity index (χ1v) is 8.44. The summed E-state index contributed by atoms with van der Waals surface area (Å²) in [6.45, 7) is 5.87. The summed E-state index contributed by atoms with van der Waals surface area (Å²) >= 11 is 5.04. The summed E-state index contributed by atoms with van der Waals surface area (Å²) in [6, 6.07) is 8.73. The molecule has 1 heterocycles. The van der Waals surface area contributed by atoms with Crippen LogP contribution in [0.1, 0.15) is 19.4 Å². The topological polar surface area (TPSA) is 24.9 Å². The van der Waals surface area contributed by atoms with Gasteiger partial charge in [-0.15, -0.1) is 0 Å². The fourth-order valence-corrected chi connectivity index (χ4v) is 3.22. The summed E-state index contributed by atoms with van der Waals surface area (Å²) in [5.74, 6) is 0.361. The minimum absolute atomic E-state index is 0.208. The van der Waals surface area contributed by atoms with Gasteiger partial charge in [-0.2, -0.15) is 0 Å². The summed E-state index contributed by atoms with van der Waals surface area (Å²) in [6.07, 6.45) is 1.76. The summed E-state index contributed by atoms with van der Waals surface area (Å²) < 4.78 is 14.4. The van der Waals surface area contributed by atoms with E-state index >= 15 is 0 Å². The van der Waals surface area contributed by atoms with Crippen LogP contribution in [-0.4, -0.2) is 11.5 Å². The lowest BCUT2D eigenvalue weighted by molar-refractivity contribution is 0.547. The molecule has 5 heteroatoms. The Labute approximate surface area is 137 Å². The zero-order chi connectivity index (χ0) is 15.2. The Kier molecular flexibility index (Phi) is 6.21. The van der Waals surface area contributed by atoms with Crippen LogP contribution < -0.4 is 5.32 Å². The summed E-state index contributed by atoms with van der Waals surface area (Å²) in [4.78, 5) is 5.37. The Balaban J connectivity index is 2.16. The van der Waals surface area contributed by atoms with Crippen LogP contribution in [0.25, 0.3) is 0 Å². The highest BCUT2D eigenvalue weighted by Gasteiger charge is 2.09. The molecule has 0 unspecified atom stereocenters. The molecule has 2 nitrogen and oxygen atoms in total. The SMILES string of the molecule is CC(C)CNCc1cc(F)ccc1Sc1ncccc1Br. The third kappa shape index (κ3) is 5.09. The highest BCUT2D eigenvalue weighted by molar-refractivity contribution is 9.10. The molecule has 0 atom stereocenters. The molecule has 0 aliphatic heterocycles. The van der Waals surface area contributed by atoms with Crippen molar-refractivity contribution in [2.24, 2.45) is 5.92 Å². The maximum atomic E-state index is 13.5. The van der Waals surface area contributed by atoms with Crippen molar-refractivity contribution in [1.82, 2.24) is 10.3 Å². The largest absolute Gasteiger partial charge is 0.312 e. The fraction of sp³-hybridized carbons (Fsp3) is 0.312. The van der Waals surface area contributed by atoms with Crippen molar-refractivity contribution < 1.29 is 4.39 Å². The van der Waals surface area contributed by atoms with E-state index < -0.39 is 0 Å². The van der Waals surface area contributed by atoms with Crippen LogP contribution in [0.3, 0.4) is 0 Å². The third-order valence-electron chi connectivity index (χ3n) is 2.82. The molecule has 0 saturated heterocycles. The van der Waals surface area contributed by atoms with Gasteiger partial charge in [0.1, 0.15) is 10.8 Å². The number of aromatic nitrogens is 1. The minimum Gasteiger partial charge on any atom is -0.312 e. The molecule has 0 fully saturated rings. The summed E-state index contributed by atoms with van der Waals surface area (Å²) in [5, 5.41) is 4.24. The maximum absolute atomic E-state index is 13.5. The molecular formula is C16H18BrFN2S. The van der Waals surface area contributed by atoms with Crippen molar-refractivity contribution in [2.75, 3.05) is 6.54 Å². The molecule has 1 N–H and O–H groups in total. The average Bonchev–Trinajstić information content (AvgIpc) is 2.43. The predicted molar refractivity (Wildman–Crippen MR) is 89.0 cm³/mol. The molecule has 0 aliphatic carbocycles. The predicted octanol–water partition coefficient (Wildman–Crippen LogP) is 4.88. The van der Waals surface area contributed by atoms with Crippen LogP contribution in [0.4, 0.5) is 4.39 Å². The molecule has 0 amide bonds. The lowest BCUT2D eigenvalue weighted by Gasteiger charge is -2.12. The molecule has 0 bridgehead atoms. The van der Waals surface area contributed by atoms with Crippen molar-refractivity contribution in [3.05, 3.63) is 52.4 Å². The van der Waals surface area contributed by atoms with E-state index in [1.54, 1.807) is 24.0 Å². The van der Waals surface area contributed by atoms with Crippen LogP contribution in [0, 0.1) is 11.7 Å². The molecular weight excluding hydrogens is 351 g/mol. The Morgan fingerprint density at radius 2 is 2.14 bits per heavy atom. The van der Waals surface area contributed by atoms with Gasteiger partial charge in [-0.1, -0.05) is 25.6 Å². The highest BCUT2D eigenvalue weighted by atomic mass is 79.9. The number of pyridine rings is 1. The first kappa shape index (κ1) is 16.5. The van der Waals surface area contributed by atoms with Gasteiger partial charge in [0, 0.05) is 17.6 Å². The lowest BCUT2D eigenvalue weighted by Crippen LogP contribution is -2.19. The van der Waals surface area contributed by atoms with Gasteiger partial charge >= 0.3 is 0 Å². The van der Waals surface area contributed by atoms with E-state index in [9.17, 15) is 4.39 Å². The monoisotopic (exact) mass is 368 g/mol. The van der Waals surface area contributed by atoms with Crippen LogP contribution >= 0.6 is 27.7 Å². The van der Waals surface area contributed by atoms with E-state index in [-0.39, 0.29) is 5.82 Å². The molecule has 0 aliphatic rings. The molecule has 0 spiro atoms. The van der Waals surface area contributed by atoms with E-state index in [4.69, 9.17) is 0 Å². The zero-order valence-electron chi connectivity index (χ0n) is 12.1. The van der Waals surface area contributed by atoms with E-state index in [1.165, 1.54) is 6.07 Å². The molecule has 0 radical (unpaired) electrons. The van der Waals surface area contributed by atoms with Gasteiger partial charge in [-0.25, -0.2) is 9.37 Å². The van der Waals surface area contributed by atoms with Gasteiger partial charge in [0.25, 0.3) is 0 Å². The molecule has 1 aromatic carbocycles. The second-order valence-electron chi connectivity index (χ2n) is 5.17. The standard InChI is InChI=1S/C16H18BrFN2S/c1-11(2)9-19-10-12-8-13(18)5-6-15(12)21-16-14(17)4-3-7-20-16/h3-8,11,19H,9-10H2,1-2H3. The maximum Gasteiger partial charge on any atom is 0.123 e. The van der Waals surface area contributed by atoms with Crippen LogP contribution in [0.15, 0.2) is 50.9 Å². The summed E-state index contributed by atoms with van der Waals surface area (Å²) in [7, 11) is 0. The van der Waals surface area contributed by atoms with Crippen LogP contribution in [-0.2, 0) is 6.54 Å². The Bertz CT molecular complexity index is 605. The minimum atomic E-state index is -0.208. The second-order valence-corrected chi connectivity index (χ2v) is 7.05. The van der Waals surface area contributed by atoms with Gasteiger partial charge < -0.3 is 5.32 Å². The Morgan fingerprint density at radius 3 is 2.86 bits per heavy atom. The van der Waals surface area contributed by atoms with Crippen molar-refractivity contribution >= 4 is 27.7 Å².